The number of carbonyl (C=O) groups is 1. The van der Waals surface area contributed by atoms with E-state index >= 15 is 0 Å². The largest absolute Gasteiger partial charge is 0.399 e. The Morgan fingerprint density at radius 3 is 2.70 bits per heavy atom. The quantitative estimate of drug-likeness (QED) is 0.818. The molecule has 2 rings (SSSR count). The smallest absolute Gasteiger partial charge is 0.224 e. The summed E-state index contributed by atoms with van der Waals surface area (Å²) in [5.41, 5.74) is 13.2. The van der Waals surface area contributed by atoms with Crippen LogP contribution in [0.25, 0.3) is 11.0 Å². The molecule has 0 aliphatic carbocycles. The molecule has 1 heterocycles. The Morgan fingerprint density at radius 2 is 2.10 bits per heavy atom. The van der Waals surface area contributed by atoms with Crippen LogP contribution < -0.4 is 11.5 Å². The number of nitrogens with zero attached hydrogens (tertiary/aromatic N) is 2. The van der Waals surface area contributed by atoms with Gasteiger partial charge in [0.15, 0.2) is 0 Å². The van der Waals surface area contributed by atoms with Gasteiger partial charge in [0, 0.05) is 18.7 Å². The number of imidazole rings is 1. The van der Waals surface area contributed by atoms with Crippen LogP contribution in [-0.4, -0.2) is 15.5 Å². The maximum absolute atomic E-state index is 11.6. The summed E-state index contributed by atoms with van der Waals surface area (Å²) >= 11 is 0. The molecule has 0 fully saturated rings. The third kappa shape index (κ3) is 2.61. The summed E-state index contributed by atoms with van der Waals surface area (Å²) in [4.78, 5) is 16.2. The molecule has 20 heavy (non-hydrogen) atoms. The minimum atomic E-state index is -0.614. The zero-order valence-electron chi connectivity index (χ0n) is 12.3. The van der Waals surface area contributed by atoms with Crippen molar-refractivity contribution < 1.29 is 4.79 Å². The predicted octanol–water partition coefficient (Wildman–Crippen LogP) is 2.08. The minimum Gasteiger partial charge on any atom is -0.399 e. The summed E-state index contributed by atoms with van der Waals surface area (Å²) in [6.07, 6.45) is 1.86. The first-order valence-electron chi connectivity index (χ1n) is 6.89. The van der Waals surface area contributed by atoms with Gasteiger partial charge in [0.25, 0.3) is 0 Å². The van der Waals surface area contributed by atoms with Crippen molar-refractivity contribution >= 4 is 22.6 Å². The lowest BCUT2D eigenvalue weighted by atomic mass is 9.92. The maximum Gasteiger partial charge on any atom is 0.224 e. The second-order valence-electron chi connectivity index (χ2n) is 5.86. The number of fused-ring (bicyclic) bond motifs is 1. The van der Waals surface area contributed by atoms with Gasteiger partial charge in [-0.15, -0.1) is 0 Å². The first kappa shape index (κ1) is 14.4. The molecule has 0 radical (unpaired) electrons. The van der Waals surface area contributed by atoms with Crippen molar-refractivity contribution in [2.75, 3.05) is 5.73 Å². The first-order valence-corrected chi connectivity index (χ1v) is 6.89. The lowest BCUT2D eigenvalue weighted by molar-refractivity contribution is -0.126. The fourth-order valence-corrected chi connectivity index (χ4v) is 2.26. The van der Waals surface area contributed by atoms with E-state index in [1.165, 1.54) is 0 Å². The summed E-state index contributed by atoms with van der Waals surface area (Å²) in [6.45, 7) is 6.34. The first-order chi connectivity index (χ1) is 9.35. The summed E-state index contributed by atoms with van der Waals surface area (Å²) in [5, 5.41) is 0. The van der Waals surface area contributed by atoms with E-state index in [-0.39, 0.29) is 5.91 Å². The van der Waals surface area contributed by atoms with Crippen molar-refractivity contribution in [3.63, 3.8) is 0 Å². The molecule has 4 N–H and O–H groups in total. The van der Waals surface area contributed by atoms with E-state index in [0.29, 0.717) is 12.2 Å². The van der Waals surface area contributed by atoms with E-state index in [1.807, 2.05) is 32.0 Å². The average molecular weight is 274 g/mol. The third-order valence-corrected chi connectivity index (χ3v) is 3.55. The molecular formula is C15H22N4O. The highest BCUT2D eigenvalue weighted by atomic mass is 16.1. The Hall–Kier alpha value is -2.04. The third-order valence-electron chi connectivity index (χ3n) is 3.55. The van der Waals surface area contributed by atoms with Crippen LogP contribution >= 0.6 is 0 Å². The highest BCUT2D eigenvalue weighted by molar-refractivity contribution is 5.82. The van der Waals surface area contributed by atoms with Crippen molar-refractivity contribution in [2.45, 2.75) is 40.2 Å². The lowest BCUT2D eigenvalue weighted by Gasteiger charge is -2.22. The molecule has 0 aliphatic rings. The van der Waals surface area contributed by atoms with Gasteiger partial charge in [0.2, 0.25) is 5.91 Å². The van der Waals surface area contributed by atoms with Crippen LogP contribution in [0.5, 0.6) is 0 Å². The number of benzene rings is 1. The van der Waals surface area contributed by atoms with Crippen LogP contribution in [0, 0.1) is 5.41 Å². The second-order valence-corrected chi connectivity index (χ2v) is 5.86. The molecule has 0 saturated carbocycles. The second kappa shape index (κ2) is 5.15. The van der Waals surface area contributed by atoms with Crippen molar-refractivity contribution in [1.82, 2.24) is 9.55 Å². The number of hydrogen-bond donors (Lipinski definition) is 2. The standard InChI is InChI=1S/C15H22N4O/c1-4-5-13-18-11-8-10(16)6-7-12(11)19(13)9-15(2,3)14(17)20/h6-8H,4-5,9,16H2,1-3H3,(H2,17,20). The molecule has 1 aromatic carbocycles. The number of anilines is 1. The molecule has 0 saturated heterocycles. The normalized spacial score (nSPS) is 11.9. The van der Waals surface area contributed by atoms with Crippen molar-refractivity contribution in [2.24, 2.45) is 11.1 Å². The maximum atomic E-state index is 11.6. The Bertz CT molecular complexity index is 643. The van der Waals surface area contributed by atoms with Crippen LogP contribution in [0.3, 0.4) is 0 Å². The van der Waals surface area contributed by atoms with E-state index < -0.39 is 5.41 Å². The molecule has 1 aromatic heterocycles. The fourth-order valence-electron chi connectivity index (χ4n) is 2.26. The fraction of sp³-hybridized carbons (Fsp3) is 0.467. The Kier molecular flexibility index (Phi) is 3.70. The number of nitrogen functional groups attached to an aromatic ring is 1. The molecule has 0 spiro atoms. The molecule has 2 aromatic rings. The van der Waals surface area contributed by atoms with E-state index in [1.54, 1.807) is 0 Å². The van der Waals surface area contributed by atoms with Gasteiger partial charge in [-0.2, -0.15) is 0 Å². The molecule has 0 unspecified atom stereocenters. The lowest BCUT2D eigenvalue weighted by Crippen LogP contribution is -2.35. The zero-order valence-corrected chi connectivity index (χ0v) is 12.3. The number of rotatable bonds is 5. The number of primary amides is 1. The highest BCUT2D eigenvalue weighted by Gasteiger charge is 2.27. The highest BCUT2D eigenvalue weighted by Crippen LogP contribution is 2.25. The van der Waals surface area contributed by atoms with Gasteiger partial charge in [-0.3, -0.25) is 4.79 Å². The van der Waals surface area contributed by atoms with Gasteiger partial charge in [-0.05, 0) is 38.5 Å². The van der Waals surface area contributed by atoms with Crippen molar-refractivity contribution in [3.8, 4) is 0 Å². The monoisotopic (exact) mass is 274 g/mol. The Balaban J connectivity index is 2.54. The van der Waals surface area contributed by atoms with Crippen LogP contribution in [0.4, 0.5) is 5.69 Å². The summed E-state index contributed by atoms with van der Waals surface area (Å²) < 4.78 is 2.09. The van der Waals surface area contributed by atoms with E-state index in [9.17, 15) is 4.79 Å². The van der Waals surface area contributed by atoms with Gasteiger partial charge in [0.1, 0.15) is 5.82 Å². The number of nitrogens with two attached hydrogens (primary N) is 2. The van der Waals surface area contributed by atoms with Gasteiger partial charge < -0.3 is 16.0 Å². The number of carbonyl (C=O) groups excluding carboxylic acids is 1. The molecule has 0 atom stereocenters. The number of amides is 1. The van der Waals surface area contributed by atoms with E-state index in [0.717, 1.165) is 29.7 Å². The molecule has 108 valence electrons. The summed E-state index contributed by atoms with van der Waals surface area (Å²) in [7, 11) is 0. The molecule has 5 nitrogen and oxygen atoms in total. The number of aromatic nitrogens is 2. The van der Waals surface area contributed by atoms with Crippen LogP contribution in [0.2, 0.25) is 0 Å². The molecular weight excluding hydrogens is 252 g/mol. The average Bonchev–Trinajstić information content (AvgIpc) is 2.66. The van der Waals surface area contributed by atoms with Crippen LogP contribution in [0.15, 0.2) is 18.2 Å². The number of aryl methyl sites for hydroxylation is 1. The molecule has 0 aliphatic heterocycles. The zero-order chi connectivity index (χ0) is 14.9. The predicted molar refractivity (Wildman–Crippen MR) is 81.1 cm³/mol. The topological polar surface area (TPSA) is 86.9 Å². The van der Waals surface area contributed by atoms with Crippen molar-refractivity contribution in [3.05, 3.63) is 24.0 Å². The molecule has 5 heteroatoms. The summed E-state index contributed by atoms with van der Waals surface area (Å²) in [6, 6.07) is 5.67. The van der Waals surface area contributed by atoms with E-state index in [2.05, 4.69) is 16.5 Å². The molecule has 1 amide bonds. The Morgan fingerprint density at radius 1 is 1.40 bits per heavy atom. The van der Waals surface area contributed by atoms with Crippen LogP contribution in [-0.2, 0) is 17.8 Å². The van der Waals surface area contributed by atoms with Gasteiger partial charge >= 0.3 is 0 Å². The SMILES string of the molecule is CCCc1nc2cc(N)ccc2n1CC(C)(C)C(N)=O. The van der Waals surface area contributed by atoms with Gasteiger partial charge in [-0.25, -0.2) is 4.98 Å². The molecule has 0 bridgehead atoms. The van der Waals surface area contributed by atoms with Crippen LogP contribution in [0.1, 0.15) is 33.0 Å². The number of hydrogen-bond acceptors (Lipinski definition) is 3. The van der Waals surface area contributed by atoms with Gasteiger partial charge in [-0.1, -0.05) is 6.92 Å². The van der Waals surface area contributed by atoms with Gasteiger partial charge in [0.05, 0.1) is 16.4 Å². The Labute approximate surface area is 119 Å². The minimum absolute atomic E-state index is 0.308. The summed E-state index contributed by atoms with van der Waals surface area (Å²) in [5.74, 6) is 0.666. The van der Waals surface area contributed by atoms with E-state index in [4.69, 9.17) is 11.5 Å². The van der Waals surface area contributed by atoms with Crippen molar-refractivity contribution in [1.29, 1.82) is 0 Å².